The molecular weight excluding hydrogens is 194 g/mol. The van der Waals surface area contributed by atoms with E-state index in [0.717, 1.165) is 0 Å². The van der Waals surface area contributed by atoms with Crippen molar-refractivity contribution in [2.75, 3.05) is 13.2 Å². The Hall–Kier alpha value is -1.30. The van der Waals surface area contributed by atoms with Gasteiger partial charge < -0.3 is 9.72 Å². The van der Waals surface area contributed by atoms with Crippen molar-refractivity contribution in [3.05, 3.63) is 17.7 Å². The number of carbonyl (C=O) groups excluding carboxylic acids is 1. The standard InChI is InChI=1S/C8H10F2N2O2/c9-7(10)5-14-2-1-8-11-3-6(4-13)12-8/h3-4,7H,1-2,5H2,(H,11,12). The lowest BCUT2D eigenvalue weighted by atomic mass is 10.4. The largest absolute Gasteiger partial charge is 0.375 e. The minimum atomic E-state index is -2.45. The molecule has 0 bridgehead atoms. The maximum atomic E-state index is 11.6. The highest BCUT2D eigenvalue weighted by Gasteiger charge is 2.03. The van der Waals surface area contributed by atoms with Crippen LogP contribution in [0.5, 0.6) is 0 Å². The molecule has 0 aromatic carbocycles. The molecule has 0 fully saturated rings. The summed E-state index contributed by atoms with van der Waals surface area (Å²) >= 11 is 0. The van der Waals surface area contributed by atoms with Crippen LogP contribution in [0.15, 0.2) is 6.20 Å². The van der Waals surface area contributed by atoms with Crippen LogP contribution in [0, 0.1) is 0 Å². The SMILES string of the molecule is O=Cc1cnc(CCOCC(F)F)[nH]1. The molecule has 78 valence electrons. The average molecular weight is 204 g/mol. The summed E-state index contributed by atoms with van der Waals surface area (Å²) in [5.41, 5.74) is 0.369. The van der Waals surface area contributed by atoms with E-state index in [-0.39, 0.29) is 6.61 Å². The Kier molecular flexibility index (Phi) is 4.18. The van der Waals surface area contributed by atoms with E-state index in [1.807, 2.05) is 0 Å². The molecule has 1 rings (SSSR count). The van der Waals surface area contributed by atoms with E-state index in [1.165, 1.54) is 6.20 Å². The van der Waals surface area contributed by atoms with Gasteiger partial charge in [0.25, 0.3) is 6.43 Å². The number of aldehydes is 1. The number of aromatic nitrogens is 2. The molecule has 1 heterocycles. The molecule has 0 saturated carbocycles. The number of hydrogen-bond acceptors (Lipinski definition) is 3. The van der Waals surface area contributed by atoms with E-state index < -0.39 is 13.0 Å². The van der Waals surface area contributed by atoms with Gasteiger partial charge in [0.15, 0.2) is 6.29 Å². The molecule has 0 aliphatic carbocycles. The Morgan fingerprint density at radius 2 is 2.43 bits per heavy atom. The summed E-state index contributed by atoms with van der Waals surface area (Å²) in [6, 6.07) is 0. The molecule has 0 radical (unpaired) electrons. The quantitative estimate of drug-likeness (QED) is 0.556. The van der Waals surface area contributed by atoms with Crippen molar-refractivity contribution >= 4 is 6.29 Å². The monoisotopic (exact) mass is 204 g/mol. The number of ether oxygens (including phenoxy) is 1. The van der Waals surface area contributed by atoms with Crippen molar-refractivity contribution in [2.24, 2.45) is 0 Å². The number of carbonyl (C=O) groups is 1. The summed E-state index contributed by atoms with van der Waals surface area (Å²) in [7, 11) is 0. The van der Waals surface area contributed by atoms with Crippen molar-refractivity contribution in [2.45, 2.75) is 12.8 Å². The molecule has 0 aliphatic heterocycles. The molecule has 1 aromatic heterocycles. The molecule has 0 amide bonds. The second kappa shape index (κ2) is 5.43. The highest BCUT2D eigenvalue weighted by molar-refractivity contribution is 5.71. The van der Waals surface area contributed by atoms with Gasteiger partial charge in [-0.25, -0.2) is 13.8 Å². The zero-order valence-corrected chi connectivity index (χ0v) is 7.37. The first-order chi connectivity index (χ1) is 6.72. The molecule has 1 aromatic rings. The fourth-order valence-corrected chi connectivity index (χ4v) is 0.907. The number of halogens is 2. The van der Waals surface area contributed by atoms with E-state index in [2.05, 4.69) is 14.7 Å². The van der Waals surface area contributed by atoms with Gasteiger partial charge in [0.05, 0.1) is 18.5 Å². The van der Waals surface area contributed by atoms with Crippen molar-refractivity contribution in [1.29, 1.82) is 0 Å². The summed E-state index contributed by atoms with van der Waals surface area (Å²) in [6.07, 6.45) is -0.0378. The van der Waals surface area contributed by atoms with Crippen LogP contribution >= 0.6 is 0 Å². The van der Waals surface area contributed by atoms with Crippen LogP contribution in [0.3, 0.4) is 0 Å². The molecule has 1 N–H and O–H groups in total. The summed E-state index contributed by atoms with van der Waals surface area (Å²) < 4.78 is 27.9. The van der Waals surface area contributed by atoms with Crippen molar-refractivity contribution in [1.82, 2.24) is 9.97 Å². The lowest BCUT2D eigenvalue weighted by molar-refractivity contribution is 0.0183. The summed E-state index contributed by atoms with van der Waals surface area (Å²) in [5.74, 6) is 0.557. The number of nitrogens with zero attached hydrogens (tertiary/aromatic N) is 1. The molecule has 14 heavy (non-hydrogen) atoms. The van der Waals surface area contributed by atoms with E-state index in [4.69, 9.17) is 0 Å². The van der Waals surface area contributed by atoms with Gasteiger partial charge in [0.1, 0.15) is 12.4 Å². The summed E-state index contributed by atoms with van der Waals surface area (Å²) in [6.45, 7) is -0.405. The molecule has 0 aliphatic rings. The van der Waals surface area contributed by atoms with Crippen molar-refractivity contribution in [3.63, 3.8) is 0 Å². The van der Waals surface area contributed by atoms with Crippen molar-refractivity contribution in [3.8, 4) is 0 Å². The number of imidazole rings is 1. The Labute approximate surface area is 79.3 Å². The molecule has 0 saturated heterocycles. The minimum Gasteiger partial charge on any atom is -0.375 e. The van der Waals surface area contributed by atoms with Gasteiger partial charge in [-0.05, 0) is 0 Å². The number of H-pyrrole nitrogens is 1. The van der Waals surface area contributed by atoms with Crippen LogP contribution < -0.4 is 0 Å². The van der Waals surface area contributed by atoms with Gasteiger partial charge in [0, 0.05) is 6.42 Å². The minimum absolute atomic E-state index is 0.163. The number of alkyl halides is 2. The fourth-order valence-electron chi connectivity index (χ4n) is 0.907. The summed E-state index contributed by atoms with van der Waals surface area (Å²) in [4.78, 5) is 16.8. The number of rotatable bonds is 6. The Bertz CT molecular complexity index is 289. The van der Waals surface area contributed by atoms with Crippen LogP contribution in [0.4, 0.5) is 8.78 Å². The van der Waals surface area contributed by atoms with Gasteiger partial charge in [-0.1, -0.05) is 0 Å². The predicted molar refractivity (Wildman–Crippen MR) is 44.5 cm³/mol. The fraction of sp³-hybridized carbons (Fsp3) is 0.500. The van der Waals surface area contributed by atoms with E-state index in [0.29, 0.717) is 24.2 Å². The second-order valence-electron chi connectivity index (χ2n) is 2.62. The Balaban J connectivity index is 2.21. The zero-order valence-electron chi connectivity index (χ0n) is 7.37. The number of hydrogen-bond donors (Lipinski definition) is 1. The third kappa shape index (κ3) is 3.61. The van der Waals surface area contributed by atoms with Crippen molar-refractivity contribution < 1.29 is 18.3 Å². The van der Waals surface area contributed by atoms with Gasteiger partial charge in [-0.3, -0.25) is 4.79 Å². The average Bonchev–Trinajstić information content (AvgIpc) is 2.60. The highest BCUT2D eigenvalue weighted by Crippen LogP contribution is 1.97. The smallest absolute Gasteiger partial charge is 0.261 e. The van der Waals surface area contributed by atoms with E-state index in [9.17, 15) is 13.6 Å². The lowest BCUT2D eigenvalue weighted by Gasteiger charge is -2.00. The molecule has 6 heteroatoms. The maximum absolute atomic E-state index is 11.6. The Morgan fingerprint density at radius 3 is 3.00 bits per heavy atom. The van der Waals surface area contributed by atoms with Gasteiger partial charge >= 0.3 is 0 Å². The predicted octanol–water partition coefficient (Wildman–Crippen LogP) is 1.05. The van der Waals surface area contributed by atoms with Crippen LogP contribution in [0.25, 0.3) is 0 Å². The molecular formula is C8H10F2N2O2. The van der Waals surface area contributed by atoms with Crippen LogP contribution in [-0.2, 0) is 11.2 Å². The molecule has 0 spiro atoms. The van der Waals surface area contributed by atoms with Gasteiger partial charge in [-0.15, -0.1) is 0 Å². The Morgan fingerprint density at radius 1 is 1.64 bits per heavy atom. The normalized spacial score (nSPS) is 10.8. The lowest BCUT2D eigenvalue weighted by Crippen LogP contribution is -2.07. The molecule has 0 atom stereocenters. The maximum Gasteiger partial charge on any atom is 0.261 e. The third-order valence-corrected chi connectivity index (χ3v) is 1.50. The number of nitrogens with one attached hydrogen (secondary N) is 1. The third-order valence-electron chi connectivity index (χ3n) is 1.50. The topological polar surface area (TPSA) is 55.0 Å². The van der Waals surface area contributed by atoms with Crippen LogP contribution in [0.2, 0.25) is 0 Å². The van der Waals surface area contributed by atoms with Gasteiger partial charge in [0.2, 0.25) is 0 Å². The number of aromatic amines is 1. The second-order valence-corrected chi connectivity index (χ2v) is 2.62. The van der Waals surface area contributed by atoms with Crippen LogP contribution in [0.1, 0.15) is 16.3 Å². The van der Waals surface area contributed by atoms with Gasteiger partial charge in [-0.2, -0.15) is 0 Å². The molecule has 4 nitrogen and oxygen atoms in total. The van der Waals surface area contributed by atoms with E-state index in [1.54, 1.807) is 0 Å². The first kappa shape index (κ1) is 10.8. The highest BCUT2D eigenvalue weighted by atomic mass is 19.3. The van der Waals surface area contributed by atoms with E-state index >= 15 is 0 Å². The molecule has 0 unspecified atom stereocenters. The first-order valence-corrected chi connectivity index (χ1v) is 4.07. The zero-order chi connectivity index (χ0) is 10.4. The van der Waals surface area contributed by atoms with Crippen LogP contribution in [-0.4, -0.2) is 35.9 Å². The summed E-state index contributed by atoms with van der Waals surface area (Å²) in [5, 5.41) is 0. The first-order valence-electron chi connectivity index (χ1n) is 4.07.